The molecule has 0 aliphatic carbocycles. The van der Waals surface area contributed by atoms with Gasteiger partial charge in [0.25, 0.3) is 0 Å². The van der Waals surface area contributed by atoms with Crippen molar-refractivity contribution in [2.75, 3.05) is 20.3 Å². The minimum absolute atomic E-state index is 0.0307. The number of carbonyl (C=O) groups excluding carboxylic acids is 1. The Bertz CT molecular complexity index is 370. The van der Waals surface area contributed by atoms with E-state index in [1.54, 1.807) is 18.7 Å². The Kier molecular flexibility index (Phi) is 5.31. The van der Waals surface area contributed by atoms with E-state index in [0.29, 0.717) is 6.54 Å². The number of benzene rings is 1. The number of hydrogen-bond acceptors (Lipinski definition) is 3. The normalized spacial score (nSPS) is 11.3. The Morgan fingerprint density at radius 2 is 1.94 bits per heavy atom. The first-order chi connectivity index (χ1) is 8.42. The Labute approximate surface area is 108 Å². The molecule has 0 aliphatic heterocycles. The van der Waals surface area contributed by atoms with Gasteiger partial charge in [0, 0.05) is 20.2 Å². The lowest BCUT2D eigenvalue weighted by Crippen LogP contribution is -2.43. The number of amides is 1. The van der Waals surface area contributed by atoms with E-state index in [4.69, 9.17) is 4.74 Å². The summed E-state index contributed by atoms with van der Waals surface area (Å²) >= 11 is 0. The smallest absolute Gasteiger partial charge is 0.248 e. The molecule has 0 saturated heterocycles. The van der Waals surface area contributed by atoms with Gasteiger partial charge in [-0.1, -0.05) is 30.3 Å². The average Bonchev–Trinajstić information content (AvgIpc) is 2.28. The van der Waals surface area contributed by atoms with Crippen LogP contribution >= 0.6 is 0 Å². The van der Waals surface area contributed by atoms with Gasteiger partial charge in [0.15, 0.2) is 0 Å². The molecule has 0 atom stereocenters. The predicted molar refractivity (Wildman–Crippen MR) is 70.0 cm³/mol. The highest BCUT2D eigenvalue weighted by atomic mass is 16.5. The van der Waals surface area contributed by atoms with Crippen LogP contribution < -0.4 is 0 Å². The van der Waals surface area contributed by atoms with Crippen molar-refractivity contribution in [3.8, 4) is 0 Å². The maximum Gasteiger partial charge on any atom is 0.248 e. The molecule has 1 aromatic rings. The number of methoxy groups -OCH3 is 1. The van der Waals surface area contributed by atoms with Crippen molar-refractivity contribution >= 4 is 5.91 Å². The minimum Gasteiger partial charge on any atom is -0.389 e. The molecule has 18 heavy (non-hydrogen) atoms. The molecule has 0 saturated carbocycles. The molecule has 1 rings (SSSR count). The summed E-state index contributed by atoms with van der Waals surface area (Å²) in [7, 11) is 1.49. The van der Waals surface area contributed by atoms with Gasteiger partial charge in [0.1, 0.15) is 6.61 Å². The molecule has 4 heteroatoms. The second-order valence-corrected chi connectivity index (χ2v) is 4.98. The number of ether oxygens (including phenoxy) is 1. The summed E-state index contributed by atoms with van der Waals surface area (Å²) in [5.74, 6) is -0.122. The first-order valence-corrected chi connectivity index (χ1v) is 5.95. The number of aliphatic hydroxyl groups is 1. The van der Waals surface area contributed by atoms with Crippen LogP contribution in [0.4, 0.5) is 0 Å². The molecule has 0 radical (unpaired) electrons. The zero-order valence-corrected chi connectivity index (χ0v) is 11.2. The van der Waals surface area contributed by atoms with Crippen LogP contribution in [0.3, 0.4) is 0 Å². The fourth-order valence-electron chi connectivity index (χ4n) is 1.72. The first-order valence-electron chi connectivity index (χ1n) is 5.95. The van der Waals surface area contributed by atoms with Gasteiger partial charge in [-0.2, -0.15) is 0 Å². The zero-order valence-electron chi connectivity index (χ0n) is 11.2. The van der Waals surface area contributed by atoms with Crippen molar-refractivity contribution in [1.29, 1.82) is 0 Å². The van der Waals surface area contributed by atoms with Crippen LogP contribution in [0.15, 0.2) is 30.3 Å². The van der Waals surface area contributed by atoms with Crippen molar-refractivity contribution in [2.45, 2.75) is 26.0 Å². The van der Waals surface area contributed by atoms with Crippen LogP contribution in [-0.4, -0.2) is 41.8 Å². The number of carbonyl (C=O) groups is 1. The molecule has 0 aromatic heterocycles. The Morgan fingerprint density at radius 3 is 2.44 bits per heavy atom. The fraction of sp³-hybridized carbons (Fsp3) is 0.500. The third-order valence-corrected chi connectivity index (χ3v) is 2.41. The summed E-state index contributed by atoms with van der Waals surface area (Å²) in [6, 6.07) is 9.70. The van der Waals surface area contributed by atoms with Crippen LogP contribution in [0.2, 0.25) is 0 Å². The molecule has 1 aromatic carbocycles. The standard InChI is InChI=1S/C14H21NO3/c1-14(2,17)11-15(13(16)10-18-3)9-12-7-5-4-6-8-12/h4-8,17H,9-11H2,1-3H3. The molecular formula is C14H21NO3. The first kappa shape index (κ1) is 14.7. The van der Waals surface area contributed by atoms with Gasteiger partial charge in [-0.25, -0.2) is 0 Å². The molecule has 0 fully saturated rings. The fourth-order valence-corrected chi connectivity index (χ4v) is 1.72. The number of hydrogen-bond donors (Lipinski definition) is 1. The van der Waals surface area contributed by atoms with E-state index in [9.17, 15) is 9.90 Å². The summed E-state index contributed by atoms with van der Waals surface area (Å²) < 4.78 is 4.86. The van der Waals surface area contributed by atoms with E-state index in [-0.39, 0.29) is 19.1 Å². The van der Waals surface area contributed by atoms with E-state index in [2.05, 4.69) is 0 Å². The maximum atomic E-state index is 11.9. The van der Waals surface area contributed by atoms with E-state index in [0.717, 1.165) is 5.56 Å². The van der Waals surface area contributed by atoms with E-state index < -0.39 is 5.60 Å². The highest BCUT2D eigenvalue weighted by Crippen LogP contribution is 2.10. The summed E-state index contributed by atoms with van der Waals surface area (Å²) in [6.45, 7) is 4.16. The molecule has 1 amide bonds. The Hall–Kier alpha value is -1.39. The quantitative estimate of drug-likeness (QED) is 0.832. The topological polar surface area (TPSA) is 49.8 Å². The predicted octanol–water partition coefficient (Wildman–Crippen LogP) is 1.43. The molecule has 0 spiro atoms. The third kappa shape index (κ3) is 5.29. The van der Waals surface area contributed by atoms with E-state index >= 15 is 0 Å². The maximum absolute atomic E-state index is 11.9. The zero-order chi connectivity index (χ0) is 13.6. The average molecular weight is 251 g/mol. The van der Waals surface area contributed by atoms with Gasteiger partial charge in [0.05, 0.1) is 5.60 Å². The van der Waals surface area contributed by atoms with Crippen LogP contribution in [0.1, 0.15) is 19.4 Å². The van der Waals surface area contributed by atoms with Crippen molar-refractivity contribution in [1.82, 2.24) is 4.90 Å². The van der Waals surface area contributed by atoms with Gasteiger partial charge in [0.2, 0.25) is 5.91 Å². The molecule has 0 aliphatic rings. The summed E-state index contributed by atoms with van der Waals surface area (Å²) in [5, 5.41) is 9.85. The Balaban J connectivity index is 2.74. The lowest BCUT2D eigenvalue weighted by molar-refractivity contribution is -0.138. The summed E-state index contributed by atoms with van der Waals surface area (Å²) in [5.41, 5.74) is 0.115. The SMILES string of the molecule is COCC(=O)N(Cc1ccccc1)CC(C)(C)O. The van der Waals surface area contributed by atoms with Crippen LogP contribution in [0, 0.1) is 0 Å². The van der Waals surface area contributed by atoms with Gasteiger partial charge in [-0.3, -0.25) is 4.79 Å². The van der Waals surface area contributed by atoms with Gasteiger partial charge < -0.3 is 14.7 Å². The minimum atomic E-state index is -0.918. The van der Waals surface area contributed by atoms with Crippen molar-refractivity contribution in [2.24, 2.45) is 0 Å². The van der Waals surface area contributed by atoms with Gasteiger partial charge >= 0.3 is 0 Å². The largest absolute Gasteiger partial charge is 0.389 e. The molecule has 1 N–H and O–H groups in total. The Morgan fingerprint density at radius 1 is 1.33 bits per heavy atom. The molecular weight excluding hydrogens is 230 g/mol. The van der Waals surface area contributed by atoms with Crippen LogP contribution in [0.5, 0.6) is 0 Å². The van der Waals surface area contributed by atoms with Crippen LogP contribution in [0.25, 0.3) is 0 Å². The van der Waals surface area contributed by atoms with Crippen molar-refractivity contribution < 1.29 is 14.6 Å². The third-order valence-electron chi connectivity index (χ3n) is 2.41. The molecule has 0 bridgehead atoms. The van der Waals surface area contributed by atoms with E-state index in [1.165, 1.54) is 7.11 Å². The van der Waals surface area contributed by atoms with E-state index in [1.807, 2.05) is 30.3 Å². The second kappa shape index (κ2) is 6.52. The number of nitrogens with zero attached hydrogens (tertiary/aromatic N) is 1. The van der Waals surface area contributed by atoms with Gasteiger partial charge in [-0.05, 0) is 19.4 Å². The highest BCUT2D eigenvalue weighted by Gasteiger charge is 2.22. The van der Waals surface area contributed by atoms with Gasteiger partial charge in [-0.15, -0.1) is 0 Å². The molecule has 0 heterocycles. The molecule has 0 unspecified atom stereocenters. The lowest BCUT2D eigenvalue weighted by Gasteiger charge is -2.29. The summed E-state index contributed by atoms with van der Waals surface area (Å²) in [4.78, 5) is 13.5. The summed E-state index contributed by atoms with van der Waals surface area (Å²) in [6.07, 6.45) is 0. The lowest BCUT2D eigenvalue weighted by atomic mass is 10.1. The highest BCUT2D eigenvalue weighted by molar-refractivity contribution is 5.77. The molecule has 100 valence electrons. The van der Waals surface area contributed by atoms with Crippen LogP contribution in [-0.2, 0) is 16.1 Å². The van der Waals surface area contributed by atoms with Crippen molar-refractivity contribution in [3.05, 3.63) is 35.9 Å². The second-order valence-electron chi connectivity index (χ2n) is 4.98. The number of rotatable bonds is 6. The monoisotopic (exact) mass is 251 g/mol. The molecule has 4 nitrogen and oxygen atoms in total. The van der Waals surface area contributed by atoms with Crippen molar-refractivity contribution in [3.63, 3.8) is 0 Å².